The number of hydrogen-bond acceptors (Lipinski definition) is 6. The van der Waals surface area contributed by atoms with E-state index in [1.54, 1.807) is 30.4 Å². The van der Waals surface area contributed by atoms with Crippen molar-refractivity contribution in [3.05, 3.63) is 35.5 Å². The third-order valence-electron chi connectivity index (χ3n) is 5.83. The summed E-state index contributed by atoms with van der Waals surface area (Å²) in [4.78, 5) is 40.9. The lowest BCUT2D eigenvalue weighted by molar-refractivity contribution is -0.885. The van der Waals surface area contributed by atoms with Crippen LogP contribution in [0.1, 0.15) is 54.9 Å². The van der Waals surface area contributed by atoms with Gasteiger partial charge in [0.25, 0.3) is 12.1 Å². The molecule has 1 fully saturated rings. The van der Waals surface area contributed by atoms with Gasteiger partial charge in [-0.1, -0.05) is 20.8 Å². The highest BCUT2D eigenvalue weighted by atomic mass is 31.2. The second-order valence-corrected chi connectivity index (χ2v) is 10.3. The van der Waals surface area contributed by atoms with E-state index in [0.717, 1.165) is 24.1 Å². The largest absolute Gasteiger partial charge is 0.469 e. The molecule has 168 valence electrons. The molecule has 3 N–H and O–H groups in total. The summed E-state index contributed by atoms with van der Waals surface area (Å²) in [5.74, 6) is 1.02. The lowest BCUT2D eigenvalue weighted by Gasteiger charge is -2.31. The van der Waals surface area contributed by atoms with Crippen molar-refractivity contribution in [2.75, 3.05) is 13.7 Å². The summed E-state index contributed by atoms with van der Waals surface area (Å²) in [5.41, 5.74) is 1.71. The van der Waals surface area contributed by atoms with Crippen LogP contribution in [0.25, 0.3) is 5.82 Å². The first kappa shape index (κ1) is 21.9. The number of carbonyl (C=O) groups excluding carboxylic acids is 1. The zero-order valence-electron chi connectivity index (χ0n) is 17.8. The maximum absolute atomic E-state index is 13.2. The molecule has 2 aliphatic rings. The molecule has 1 saturated carbocycles. The second-order valence-electron chi connectivity index (χ2n) is 9.07. The van der Waals surface area contributed by atoms with Crippen LogP contribution in [0.4, 0.5) is 0 Å². The number of nitrogens with one attached hydrogen (secondary N) is 1. The summed E-state index contributed by atoms with van der Waals surface area (Å²) >= 11 is 0. The minimum absolute atomic E-state index is 0.308. The third-order valence-corrected chi connectivity index (χ3v) is 6.31. The molecule has 0 aliphatic heterocycles. The summed E-state index contributed by atoms with van der Waals surface area (Å²) in [6.45, 7) is 5.26. The van der Waals surface area contributed by atoms with Gasteiger partial charge in [-0.3, -0.25) is 14.2 Å². The Morgan fingerprint density at radius 3 is 2.84 bits per heavy atom. The van der Waals surface area contributed by atoms with Crippen molar-refractivity contribution in [2.45, 2.75) is 45.6 Å². The number of nitrogens with zero attached hydrogens (tertiary/aromatic N) is 4. The monoisotopic (exact) mass is 452 g/mol. The molecular weight excluding hydrogens is 425 g/mol. The number of fused-ring (bicyclic) bond motifs is 3. The summed E-state index contributed by atoms with van der Waals surface area (Å²) < 4.78 is 19.0. The number of phosphoric ester groups is 1. The molecule has 1 amide bonds. The molecule has 0 aromatic carbocycles. The number of rotatable bonds is 7. The van der Waals surface area contributed by atoms with Gasteiger partial charge in [0.1, 0.15) is 7.11 Å². The average molecular weight is 452 g/mol. The molecule has 31 heavy (non-hydrogen) atoms. The molecule has 2 aromatic rings. The molecule has 2 aliphatic carbocycles. The van der Waals surface area contributed by atoms with Crippen LogP contribution in [0, 0.1) is 11.3 Å². The van der Waals surface area contributed by atoms with E-state index < -0.39 is 25.2 Å². The Balaban J connectivity index is 1.64. The van der Waals surface area contributed by atoms with Crippen molar-refractivity contribution < 1.29 is 33.2 Å². The molecular formula is C19H27N5O6P+. The normalized spacial score (nSPS) is 20.7. The van der Waals surface area contributed by atoms with Crippen LogP contribution in [0.3, 0.4) is 0 Å². The van der Waals surface area contributed by atoms with Gasteiger partial charge >= 0.3 is 7.82 Å². The topological polar surface area (TPSA) is 140 Å². The van der Waals surface area contributed by atoms with Crippen LogP contribution >= 0.6 is 7.82 Å². The van der Waals surface area contributed by atoms with E-state index in [0.29, 0.717) is 23.3 Å². The highest BCUT2D eigenvalue weighted by molar-refractivity contribution is 7.46. The Hall–Kier alpha value is -2.33. The fraction of sp³-hybridized carbons (Fsp3) is 0.579. The van der Waals surface area contributed by atoms with Gasteiger partial charge in [0.15, 0.2) is 5.69 Å². The molecule has 12 heteroatoms. The lowest BCUT2D eigenvalue weighted by Crippen LogP contribution is -2.47. The van der Waals surface area contributed by atoms with Gasteiger partial charge < -0.3 is 15.1 Å². The van der Waals surface area contributed by atoms with Crippen molar-refractivity contribution in [1.29, 1.82) is 0 Å². The van der Waals surface area contributed by atoms with Gasteiger partial charge in [0.2, 0.25) is 12.0 Å². The fourth-order valence-corrected chi connectivity index (χ4v) is 4.31. The zero-order chi connectivity index (χ0) is 22.6. The van der Waals surface area contributed by atoms with Gasteiger partial charge in [-0.05, 0) is 24.2 Å². The third kappa shape index (κ3) is 4.50. The van der Waals surface area contributed by atoms with Crippen molar-refractivity contribution in [1.82, 2.24) is 20.1 Å². The summed E-state index contributed by atoms with van der Waals surface area (Å²) in [6.07, 6.45) is 6.80. The molecule has 0 saturated heterocycles. The summed E-state index contributed by atoms with van der Waals surface area (Å²) in [5, 5.41) is 7.44. The van der Waals surface area contributed by atoms with Crippen LogP contribution in [0.15, 0.2) is 18.6 Å². The number of amides is 1. The van der Waals surface area contributed by atoms with Gasteiger partial charge in [-0.15, -0.1) is 0 Å². The van der Waals surface area contributed by atoms with Crippen molar-refractivity contribution in [3.63, 3.8) is 0 Å². The van der Waals surface area contributed by atoms with Crippen molar-refractivity contribution in [3.8, 4) is 5.82 Å². The van der Waals surface area contributed by atoms with E-state index in [2.05, 4.69) is 19.9 Å². The van der Waals surface area contributed by atoms with Gasteiger partial charge in [-0.25, -0.2) is 14.2 Å². The molecule has 0 spiro atoms. The van der Waals surface area contributed by atoms with Crippen LogP contribution in [0.5, 0.6) is 0 Å². The maximum Gasteiger partial charge on any atom is 0.469 e. The van der Waals surface area contributed by atoms with E-state index in [1.165, 1.54) is 4.73 Å². The predicted octanol–water partition coefficient (Wildman–Crippen LogP) is 0.527. The lowest BCUT2D eigenvalue weighted by atomic mass is 9.87. The predicted molar refractivity (Wildman–Crippen MR) is 107 cm³/mol. The fourth-order valence-electron chi connectivity index (χ4n) is 3.97. The number of phosphoric acid groups is 1. The first-order valence-electron chi connectivity index (χ1n) is 10.0. The van der Waals surface area contributed by atoms with Gasteiger partial charge in [0.05, 0.1) is 24.5 Å². The first-order chi connectivity index (χ1) is 14.5. The molecule has 0 bridgehead atoms. The quantitative estimate of drug-likeness (QED) is 0.408. The standard InChI is InChI=1S/C19H26N5O6P/c1-19(2,3)14(10-30-31(26,27)28)21-18(25)16-13-8-11-7-12(11)17(13)24(22-16)15-9-23(29-4)6-5-20-15/h5-6,9,11-12,14H,7-8,10H2,1-4H3,(H2-,21,25,26,27,28)/p+1. The first-order valence-corrected chi connectivity index (χ1v) is 11.6. The Labute approximate surface area is 179 Å². The van der Waals surface area contributed by atoms with E-state index in [9.17, 15) is 9.36 Å². The Kier molecular flexibility index (Phi) is 5.41. The van der Waals surface area contributed by atoms with E-state index in [-0.39, 0.29) is 6.61 Å². The highest BCUT2D eigenvalue weighted by Crippen LogP contribution is 2.57. The van der Waals surface area contributed by atoms with Crippen LogP contribution in [-0.2, 0) is 15.5 Å². The smallest absolute Gasteiger partial charge is 0.345 e. The molecule has 0 radical (unpaired) electrons. The Morgan fingerprint density at radius 1 is 1.45 bits per heavy atom. The minimum Gasteiger partial charge on any atom is -0.345 e. The van der Waals surface area contributed by atoms with E-state index in [4.69, 9.17) is 14.6 Å². The van der Waals surface area contributed by atoms with Crippen LogP contribution in [-0.4, -0.2) is 50.2 Å². The van der Waals surface area contributed by atoms with Gasteiger partial charge in [0, 0.05) is 16.2 Å². The number of carbonyl (C=O) groups is 1. The average Bonchev–Trinajstić information content (AvgIpc) is 3.18. The van der Waals surface area contributed by atoms with Crippen molar-refractivity contribution in [2.24, 2.45) is 11.3 Å². The molecule has 2 heterocycles. The minimum atomic E-state index is -4.66. The molecule has 3 atom stereocenters. The summed E-state index contributed by atoms with van der Waals surface area (Å²) in [6, 6.07) is -0.630. The Bertz CT molecular complexity index is 1060. The maximum atomic E-state index is 13.2. The molecule has 2 aromatic heterocycles. The summed E-state index contributed by atoms with van der Waals surface area (Å²) in [7, 11) is -3.12. The van der Waals surface area contributed by atoms with Crippen LogP contribution in [0.2, 0.25) is 0 Å². The molecule has 3 unspecified atom stereocenters. The Morgan fingerprint density at radius 2 is 2.19 bits per heavy atom. The SMILES string of the molecule is CO[n+]1ccnc(-n2nc(C(=O)NC(COP(=O)(O)O)C(C)(C)C)c3c2C2CC2C3)c1. The van der Waals surface area contributed by atoms with Gasteiger partial charge in [-0.2, -0.15) is 5.10 Å². The molecule has 11 nitrogen and oxygen atoms in total. The van der Waals surface area contributed by atoms with E-state index in [1.807, 2.05) is 20.8 Å². The zero-order valence-corrected chi connectivity index (χ0v) is 18.7. The highest BCUT2D eigenvalue weighted by Gasteiger charge is 2.50. The number of aromatic nitrogens is 4. The van der Waals surface area contributed by atoms with Crippen molar-refractivity contribution >= 4 is 13.7 Å². The van der Waals surface area contributed by atoms with E-state index >= 15 is 0 Å². The molecule has 4 rings (SSSR count). The second kappa shape index (κ2) is 7.67. The number of hydrogen-bond donors (Lipinski definition) is 3. The van der Waals surface area contributed by atoms with Crippen LogP contribution < -0.4 is 14.9 Å².